The van der Waals surface area contributed by atoms with Crippen LogP contribution in [0.15, 0.2) is 0 Å². The topological polar surface area (TPSA) is 0 Å². The summed E-state index contributed by atoms with van der Waals surface area (Å²) in [7, 11) is 0.0525. The maximum absolute atomic E-state index is 5.26. The van der Waals surface area contributed by atoms with E-state index in [4.69, 9.17) is 6.53 Å². The van der Waals surface area contributed by atoms with Crippen LogP contribution in [0.2, 0.25) is 6.82 Å². The maximum atomic E-state index is 5.26. The summed E-state index contributed by atoms with van der Waals surface area (Å²) in [5.74, 6) is 0. The Kier molecular flexibility index (Phi) is 2.76. The summed E-state index contributed by atoms with van der Waals surface area (Å²) >= 11 is 0. The molecule has 0 aliphatic rings. The first-order valence-electron chi connectivity index (χ1n) is 1.46. The van der Waals surface area contributed by atoms with Gasteiger partial charge in [0, 0.05) is 0 Å². The Bertz CT molecular complexity index is 118. The summed E-state index contributed by atoms with van der Waals surface area (Å²) < 4.78 is 0. The quantitative estimate of drug-likeness (QED) is 0.377. The Labute approximate surface area is 36.1 Å². The summed E-state index contributed by atoms with van der Waals surface area (Å²) in [5.41, 5.74) is 0. The third-order valence-corrected chi connectivity index (χ3v) is 1.12. The van der Waals surface area contributed by atoms with E-state index in [-0.39, 0.29) is 9.56 Å². The molecule has 0 radical (unpaired) electrons. The summed E-state index contributed by atoms with van der Waals surface area (Å²) in [6.07, 6.45) is 3.94. The summed E-state index contributed by atoms with van der Waals surface area (Å²) in [6.45, 7) is 7.23. The van der Waals surface area contributed by atoms with Gasteiger partial charge in [0.05, 0.1) is 0 Å². The summed E-state index contributed by atoms with van der Waals surface area (Å²) in [6, 6.07) is 0. The Hall–Kier alpha value is 0.350. The van der Waals surface area contributed by atoms with Crippen LogP contribution in [0, 0.1) is 0 Å². The molecule has 5 heavy (non-hydrogen) atoms. The minimum atomic E-state index is 0.0525. The molecule has 26 valence electrons. The molecular formula is C2H6B2S. The van der Waals surface area contributed by atoms with Crippen LogP contribution in [0.4, 0.5) is 0 Å². The van der Waals surface area contributed by atoms with E-state index in [0.717, 1.165) is 0 Å². The van der Waals surface area contributed by atoms with Crippen LogP contribution in [-0.2, 0) is 0 Å². The van der Waals surface area contributed by atoms with E-state index in [1.165, 1.54) is 0 Å². The molecule has 0 bridgehead atoms. The molecule has 0 spiro atoms. The van der Waals surface area contributed by atoms with Crippen molar-refractivity contribution in [3.8, 4) is 0 Å². The molecule has 0 rings (SSSR count). The van der Waals surface area contributed by atoms with Gasteiger partial charge in [-0.1, -0.05) is 0 Å². The van der Waals surface area contributed by atoms with E-state index in [9.17, 15) is 0 Å². The van der Waals surface area contributed by atoms with Gasteiger partial charge in [-0.15, -0.1) is 0 Å². The Morgan fingerprint density at radius 3 is 2.00 bits per heavy atom. The first kappa shape index (κ1) is 5.35. The zero-order valence-corrected chi connectivity index (χ0v) is 4.38. The van der Waals surface area contributed by atoms with E-state index in [0.29, 0.717) is 0 Å². The van der Waals surface area contributed by atoms with Crippen molar-refractivity contribution in [1.29, 1.82) is 0 Å². The molecule has 3 heteroatoms. The van der Waals surface area contributed by atoms with Crippen molar-refractivity contribution in [1.82, 2.24) is 0 Å². The van der Waals surface area contributed by atoms with Gasteiger partial charge in [-0.05, 0) is 0 Å². The predicted octanol–water partition coefficient (Wildman–Crippen LogP) is 0.636. The van der Waals surface area contributed by atoms with Gasteiger partial charge in [-0.2, -0.15) is 0 Å². The molecule has 0 unspecified atom stereocenters. The SMILES string of the molecule is B#S(C)=BC. The molecule has 0 atom stereocenters. The average molecular weight is 83.8 g/mol. The normalized spacial score (nSPS) is 10.8. The van der Waals surface area contributed by atoms with Gasteiger partial charge >= 0.3 is 35.3 Å². The molecule has 0 aromatic heterocycles. The molecule has 0 aliphatic carbocycles. The van der Waals surface area contributed by atoms with Gasteiger partial charge in [0.2, 0.25) is 0 Å². The molecule has 0 aromatic carbocycles. The Morgan fingerprint density at radius 2 is 2.00 bits per heavy atom. The molecule has 0 N–H and O–H groups in total. The Balaban J connectivity index is 3.82. The fourth-order valence-corrected chi connectivity index (χ4v) is 0. The summed E-state index contributed by atoms with van der Waals surface area (Å²) in [4.78, 5) is 0. The molecule has 0 fully saturated rings. The zero-order chi connectivity index (χ0) is 4.28. The molecule has 0 heterocycles. The first-order chi connectivity index (χ1) is 2.27. The third kappa shape index (κ3) is 4.35. The van der Waals surface area contributed by atoms with E-state index < -0.39 is 0 Å². The third-order valence-electron chi connectivity index (χ3n) is 0.372. The van der Waals surface area contributed by atoms with Gasteiger partial charge in [-0.25, -0.2) is 0 Å². The van der Waals surface area contributed by atoms with Crippen molar-refractivity contribution in [2.75, 3.05) is 6.26 Å². The van der Waals surface area contributed by atoms with Crippen LogP contribution in [0.3, 0.4) is 0 Å². The van der Waals surface area contributed by atoms with Gasteiger partial charge in [-0.3, -0.25) is 0 Å². The molecule has 0 nitrogen and oxygen atoms in total. The van der Waals surface area contributed by atoms with E-state index in [1.807, 2.05) is 19.2 Å². The molecular weight excluding hydrogens is 77.7 g/mol. The van der Waals surface area contributed by atoms with Crippen molar-refractivity contribution in [3.05, 3.63) is 0 Å². The van der Waals surface area contributed by atoms with Crippen molar-refractivity contribution in [2.24, 2.45) is 0 Å². The van der Waals surface area contributed by atoms with Gasteiger partial charge in [0.25, 0.3) is 0 Å². The standard InChI is InChI=1S/C2H6B2S/c1-4-5(2)3/h1-2H3. The molecule has 0 aliphatic heterocycles. The van der Waals surface area contributed by atoms with Gasteiger partial charge in [0.1, 0.15) is 0 Å². The van der Waals surface area contributed by atoms with Crippen LogP contribution >= 0.6 is 9.56 Å². The van der Waals surface area contributed by atoms with Crippen molar-refractivity contribution in [3.63, 3.8) is 0 Å². The first-order valence-corrected chi connectivity index (χ1v) is 3.22. The van der Waals surface area contributed by atoms with E-state index in [1.54, 1.807) is 0 Å². The van der Waals surface area contributed by atoms with Crippen molar-refractivity contribution in [2.45, 2.75) is 6.82 Å². The van der Waals surface area contributed by atoms with Crippen LogP contribution in [0.1, 0.15) is 0 Å². The number of hydrogen-bond donors (Lipinski definition) is 0. The predicted molar refractivity (Wildman–Crippen MR) is 30.9 cm³/mol. The van der Waals surface area contributed by atoms with Crippen molar-refractivity contribution < 1.29 is 0 Å². The second kappa shape index (κ2) is 2.58. The fraction of sp³-hybridized carbons (Fsp3) is 1.00. The van der Waals surface area contributed by atoms with Crippen LogP contribution in [-0.4, -0.2) is 18.9 Å². The molecule has 0 amide bonds. The number of hydrogen-bond acceptors (Lipinski definition) is 0. The van der Waals surface area contributed by atoms with Gasteiger partial charge < -0.3 is 0 Å². The fourth-order valence-electron chi connectivity index (χ4n) is 0. The minimum absolute atomic E-state index is 0.0525. The van der Waals surface area contributed by atoms with Crippen LogP contribution < -0.4 is 0 Å². The zero-order valence-electron chi connectivity index (χ0n) is 3.56. The monoisotopic (exact) mass is 84.0 g/mol. The van der Waals surface area contributed by atoms with Gasteiger partial charge in [0.15, 0.2) is 0 Å². The molecule has 0 saturated heterocycles. The second-order valence-corrected chi connectivity index (χ2v) is 2.53. The number of rotatable bonds is 0. The van der Waals surface area contributed by atoms with E-state index >= 15 is 0 Å². The second-order valence-electron chi connectivity index (χ2n) is 0.843. The Morgan fingerprint density at radius 1 is 1.80 bits per heavy atom. The van der Waals surface area contributed by atoms with E-state index in [2.05, 4.69) is 0 Å². The average Bonchev–Trinajstić information content (AvgIpc) is 1.38. The molecule has 0 saturated carbocycles. The molecule has 0 aromatic rings. The van der Waals surface area contributed by atoms with Crippen molar-refractivity contribution >= 4 is 22.2 Å². The summed E-state index contributed by atoms with van der Waals surface area (Å²) in [5, 5.41) is 0. The van der Waals surface area contributed by atoms with Crippen LogP contribution in [0.5, 0.6) is 0 Å². The van der Waals surface area contributed by atoms with Crippen LogP contribution in [0.25, 0.3) is 0 Å².